The third kappa shape index (κ3) is 4.08. The molecular weight excluding hydrogens is 304 g/mol. The first-order chi connectivity index (χ1) is 11.6. The summed E-state index contributed by atoms with van der Waals surface area (Å²) in [5.41, 5.74) is 0. The highest BCUT2D eigenvalue weighted by Crippen LogP contribution is 2.30. The zero-order chi connectivity index (χ0) is 16.9. The van der Waals surface area contributed by atoms with Gasteiger partial charge < -0.3 is 14.7 Å². The van der Waals surface area contributed by atoms with E-state index in [2.05, 4.69) is 4.90 Å². The van der Waals surface area contributed by atoms with Gasteiger partial charge in [-0.15, -0.1) is 0 Å². The lowest BCUT2D eigenvalue weighted by Gasteiger charge is -2.35. The number of likely N-dealkylation sites (tertiary alicyclic amines) is 2. The minimum Gasteiger partial charge on any atom is -0.491 e. The Kier molecular flexibility index (Phi) is 5.74. The molecule has 0 saturated carbocycles. The molecule has 0 radical (unpaired) electrons. The van der Waals surface area contributed by atoms with Gasteiger partial charge in [-0.2, -0.15) is 0 Å². The van der Waals surface area contributed by atoms with E-state index in [4.69, 9.17) is 4.74 Å². The Hall–Kier alpha value is -1.59. The van der Waals surface area contributed by atoms with E-state index in [-0.39, 0.29) is 5.91 Å². The van der Waals surface area contributed by atoms with Crippen LogP contribution in [0.2, 0.25) is 0 Å². The molecule has 5 heteroatoms. The summed E-state index contributed by atoms with van der Waals surface area (Å²) in [6.45, 7) is 4.45. The van der Waals surface area contributed by atoms with Crippen molar-refractivity contribution in [3.05, 3.63) is 30.3 Å². The number of para-hydroxylation sites is 1. The van der Waals surface area contributed by atoms with Gasteiger partial charge in [-0.05, 0) is 44.4 Å². The molecule has 0 spiro atoms. The number of ether oxygens (including phenoxy) is 1. The molecule has 0 bridgehead atoms. The van der Waals surface area contributed by atoms with Gasteiger partial charge in [0.15, 0.2) is 0 Å². The normalized spacial score (nSPS) is 25.8. The SMILES string of the molecule is CC(=O)N1CCC[C@@H]1[C@H]1CCCN1C[C@@H](O)COc1ccccc1. The molecule has 0 aliphatic carbocycles. The second kappa shape index (κ2) is 7.99. The van der Waals surface area contributed by atoms with E-state index in [1.54, 1.807) is 6.92 Å². The van der Waals surface area contributed by atoms with Crippen LogP contribution in [0.25, 0.3) is 0 Å². The third-order valence-electron chi connectivity index (χ3n) is 5.19. The van der Waals surface area contributed by atoms with Crippen LogP contribution in [0.4, 0.5) is 0 Å². The first-order valence-corrected chi connectivity index (χ1v) is 9.02. The third-order valence-corrected chi connectivity index (χ3v) is 5.19. The summed E-state index contributed by atoms with van der Waals surface area (Å²) in [5, 5.41) is 10.4. The summed E-state index contributed by atoms with van der Waals surface area (Å²) in [6, 6.07) is 10.3. The van der Waals surface area contributed by atoms with E-state index in [1.165, 1.54) is 0 Å². The number of hydrogen-bond donors (Lipinski definition) is 1. The maximum atomic E-state index is 11.8. The number of aliphatic hydroxyl groups excluding tert-OH is 1. The predicted octanol–water partition coefficient (Wildman–Crippen LogP) is 1.90. The van der Waals surface area contributed by atoms with Gasteiger partial charge in [-0.25, -0.2) is 0 Å². The molecule has 2 aliphatic heterocycles. The van der Waals surface area contributed by atoms with Crippen molar-refractivity contribution in [2.45, 2.75) is 50.8 Å². The van der Waals surface area contributed by atoms with E-state index in [0.717, 1.165) is 44.5 Å². The van der Waals surface area contributed by atoms with Gasteiger partial charge in [0.2, 0.25) is 5.91 Å². The molecule has 24 heavy (non-hydrogen) atoms. The number of β-amino-alcohol motifs (C(OH)–C–C–N with tert-alkyl or cyclic N) is 1. The first-order valence-electron chi connectivity index (χ1n) is 9.02. The minimum atomic E-state index is -0.516. The van der Waals surface area contributed by atoms with Crippen LogP contribution in [0.5, 0.6) is 5.75 Å². The van der Waals surface area contributed by atoms with Crippen LogP contribution >= 0.6 is 0 Å². The van der Waals surface area contributed by atoms with Gasteiger partial charge in [0, 0.05) is 32.1 Å². The molecule has 132 valence electrons. The van der Waals surface area contributed by atoms with Crippen molar-refractivity contribution in [1.82, 2.24) is 9.80 Å². The average molecular weight is 332 g/mol. The summed E-state index contributed by atoms with van der Waals surface area (Å²) < 4.78 is 5.66. The van der Waals surface area contributed by atoms with Gasteiger partial charge in [0.1, 0.15) is 18.5 Å². The Bertz CT molecular complexity index is 537. The van der Waals surface area contributed by atoms with Crippen molar-refractivity contribution in [2.75, 3.05) is 26.2 Å². The smallest absolute Gasteiger partial charge is 0.219 e. The standard InChI is InChI=1S/C19H28N2O3/c1-15(22)21-12-6-10-19(21)18-9-5-11-20(18)13-16(23)14-24-17-7-3-2-4-8-17/h2-4,7-8,16,18-19,23H,5-6,9-14H2,1H3/t16-,18-,19-/m1/s1. The summed E-state index contributed by atoms with van der Waals surface area (Å²) in [5.74, 6) is 0.963. The predicted molar refractivity (Wildman–Crippen MR) is 92.9 cm³/mol. The van der Waals surface area contributed by atoms with Crippen LogP contribution in [-0.2, 0) is 4.79 Å². The summed E-state index contributed by atoms with van der Waals surface area (Å²) >= 11 is 0. The highest BCUT2D eigenvalue weighted by molar-refractivity contribution is 5.74. The highest BCUT2D eigenvalue weighted by atomic mass is 16.5. The molecule has 3 atom stereocenters. The molecule has 2 aliphatic rings. The second-order valence-electron chi connectivity index (χ2n) is 6.90. The summed E-state index contributed by atoms with van der Waals surface area (Å²) in [4.78, 5) is 16.2. The lowest BCUT2D eigenvalue weighted by Crippen LogP contribution is -2.49. The number of carbonyl (C=O) groups excluding carboxylic acids is 1. The van der Waals surface area contributed by atoms with Crippen LogP contribution < -0.4 is 4.74 Å². The molecule has 0 aromatic heterocycles. The largest absolute Gasteiger partial charge is 0.491 e. The zero-order valence-corrected chi connectivity index (χ0v) is 14.4. The molecule has 2 saturated heterocycles. The fraction of sp³-hybridized carbons (Fsp3) is 0.632. The molecule has 5 nitrogen and oxygen atoms in total. The van der Waals surface area contributed by atoms with Gasteiger partial charge in [-0.3, -0.25) is 9.69 Å². The zero-order valence-electron chi connectivity index (χ0n) is 14.4. The lowest BCUT2D eigenvalue weighted by atomic mass is 10.0. The molecule has 1 N–H and O–H groups in total. The minimum absolute atomic E-state index is 0.178. The fourth-order valence-electron chi connectivity index (χ4n) is 4.13. The van der Waals surface area contributed by atoms with Crippen LogP contribution in [0.15, 0.2) is 30.3 Å². The quantitative estimate of drug-likeness (QED) is 0.864. The molecule has 1 aromatic rings. The molecule has 2 fully saturated rings. The van der Waals surface area contributed by atoms with Crippen molar-refractivity contribution in [2.24, 2.45) is 0 Å². The molecular formula is C19H28N2O3. The Morgan fingerprint density at radius 1 is 1.21 bits per heavy atom. The van der Waals surface area contributed by atoms with Gasteiger partial charge in [-0.1, -0.05) is 18.2 Å². The van der Waals surface area contributed by atoms with Crippen molar-refractivity contribution < 1.29 is 14.6 Å². The van der Waals surface area contributed by atoms with Gasteiger partial charge in [0.25, 0.3) is 0 Å². The number of rotatable bonds is 6. The number of hydrogen-bond acceptors (Lipinski definition) is 4. The lowest BCUT2D eigenvalue weighted by molar-refractivity contribution is -0.130. The number of benzene rings is 1. The Morgan fingerprint density at radius 3 is 2.67 bits per heavy atom. The van der Waals surface area contributed by atoms with Crippen LogP contribution in [-0.4, -0.2) is 65.2 Å². The summed E-state index contributed by atoms with van der Waals surface area (Å²) in [6.07, 6.45) is 3.91. The van der Waals surface area contributed by atoms with E-state index in [9.17, 15) is 9.90 Å². The molecule has 1 amide bonds. The van der Waals surface area contributed by atoms with Crippen LogP contribution in [0.1, 0.15) is 32.6 Å². The van der Waals surface area contributed by atoms with E-state index in [0.29, 0.717) is 25.2 Å². The number of amides is 1. The summed E-state index contributed by atoms with van der Waals surface area (Å²) in [7, 11) is 0. The van der Waals surface area contributed by atoms with E-state index >= 15 is 0 Å². The Morgan fingerprint density at radius 2 is 1.92 bits per heavy atom. The van der Waals surface area contributed by atoms with E-state index in [1.807, 2.05) is 35.2 Å². The van der Waals surface area contributed by atoms with Crippen molar-refractivity contribution in [3.8, 4) is 5.75 Å². The van der Waals surface area contributed by atoms with E-state index < -0.39 is 6.10 Å². The Labute approximate surface area is 144 Å². The molecule has 1 aromatic carbocycles. The van der Waals surface area contributed by atoms with Crippen molar-refractivity contribution >= 4 is 5.91 Å². The average Bonchev–Trinajstić information content (AvgIpc) is 3.22. The maximum absolute atomic E-state index is 11.8. The molecule has 2 heterocycles. The number of nitrogens with zero attached hydrogens (tertiary/aromatic N) is 2. The van der Waals surface area contributed by atoms with Crippen LogP contribution in [0.3, 0.4) is 0 Å². The first kappa shape index (κ1) is 17.2. The Balaban J connectivity index is 1.52. The topological polar surface area (TPSA) is 53.0 Å². The maximum Gasteiger partial charge on any atom is 0.219 e. The van der Waals surface area contributed by atoms with Crippen LogP contribution in [0, 0.1) is 0 Å². The molecule has 3 rings (SSSR count). The number of carbonyl (C=O) groups is 1. The fourth-order valence-corrected chi connectivity index (χ4v) is 4.13. The van der Waals surface area contributed by atoms with Gasteiger partial charge in [0.05, 0.1) is 0 Å². The highest BCUT2D eigenvalue weighted by Gasteiger charge is 2.39. The number of aliphatic hydroxyl groups is 1. The van der Waals surface area contributed by atoms with Crippen molar-refractivity contribution in [1.29, 1.82) is 0 Å². The van der Waals surface area contributed by atoms with Gasteiger partial charge >= 0.3 is 0 Å². The second-order valence-corrected chi connectivity index (χ2v) is 6.90. The van der Waals surface area contributed by atoms with Crippen molar-refractivity contribution in [3.63, 3.8) is 0 Å². The molecule has 0 unspecified atom stereocenters. The monoisotopic (exact) mass is 332 g/mol.